The van der Waals surface area contributed by atoms with Gasteiger partial charge in [-0.2, -0.15) is 0 Å². The van der Waals surface area contributed by atoms with Gasteiger partial charge >= 0.3 is 11.9 Å². The van der Waals surface area contributed by atoms with Crippen molar-refractivity contribution in [2.45, 2.75) is 42.5 Å². The van der Waals surface area contributed by atoms with Crippen molar-refractivity contribution < 1.29 is 29.0 Å². The number of carboxylic acid groups (broad SMARTS) is 1. The fraction of sp³-hybridized carbons (Fsp3) is 0.571. The monoisotopic (exact) mass is 342 g/mol. The lowest BCUT2D eigenvalue weighted by Gasteiger charge is -2.43. The van der Waals surface area contributed by atoms with Gasteiger partial charge in [0.15, 0.2) is 0 Å². The van der Waals surface area contributed by atoms with Gasteiger partial charge in [0, 0.05) is 4.75 Å². The van der Waals surface area contributed by atoms with Gasteiger partial charge in [0.2, 0.25) is 11.8 Å². The molecule has 23 heavy (non-hydrogen) atoms. The summed E-state index contributed by atoms with van der Waals surface area (Å²) in [4.78, 5) is 47.9. The van der Waals surface area contributed by atoms with Crippen molar-refractivity contribution in [3.63, 3.8) is 0 Å². The molecule has 3 atom stereocenters. The zero-order valence-corrected chi connectivity index (χ0v) is 13.6. The van der Waals surface area contributed by atoms with Crippen LogP contribution in [0.2, 0.25) is 0 Å². The predicted octanol–water partition coefficient (Wildman–Crippen LogP) is -0.263. The quantitative estimate of drug-likeness (QED) is 0.296. The minimum atomic E-state index is -1.07. The lowest BCUT2D eigenvalue weighted by molar-refractivity contribution is -0.161. The topological polar surface area (TPSA) is 113 Å². The number of nitrogens with zero attached hydrogens (tertiary/aromatic N) is 1. The van der Waals surface area contributed by atoms with Crippen LogP contribution in [0.15, 0.2) is 12.7 Å². The second-order valence-electron chi connectivity index (χ2n) is 5.79. The Kier molecular flexibility index (Phi) is 4.69. The summed E-state index contributed by atoms with van der Waals surface area (Å²) < 4.78 is 4.04. The summed E-state index contributed by atoms with van der Waals surface area (Å²) in [5.74, 6) is -2.87. The van der Waals surface area contributed by atoms with Crippen molar-refractivity contribution in [2.75, 3.05) is 6.61 Å². The number of carbonyl (C=O) groups excluding carboxylic acids is 3. The minimum Gasteiger partial charge on any atom is -0.480 e. The molecule has 0 aliphatic carbocycles. The zero-order chi connectivity index (χ0) is 17.4. The first-order valence-electron chi connectivity index (χ1n) is 6.97. The molecule has 0 spiro atoms. The van der Waals surface area contributed by atoms with Gasteiger partial charge < -0.3 is 20.1 Å². The van der Waals surface area contributed by atoms with Crippen LogP contribution in [0.1, 0.15) is 20.3 Å². The van der Waals surface area contributed by atoms with Crippen LogP contribution in [0.5, 0.6) is 0 Å². The normalized spacial score (nSPS) is 27.7. The van der Waals surface area contributed by atoms with Gasteiger partial charge in [0.05, 0.1) is 0 Å². The number of esters is 1. The Morgan fingerprint density at radius 1 is 1.48 bits per heavy atom. The standard InChI is InChI=1S/C14H18N2O6S/c1-4-5-22-8(18)6-7(17)15-9-11(19)16-10(13(20)21)14(2,3)23-12(9)16/h4,9-10,12H,1,5-6H2,2-3H3,(H,15,17)(H,20,21). The summed E-state index contributed by atoms with van der Waals surface area (Å²) >= 11 is 1.32. The van der Waals surface area contributed by atoms with Gasteiger partial charge in [-0.15, -0.1) is 11.8 Å². The minimum absolute atomic E-state index is 0.00914. The predicted molar refractivity (Wildman–Crippen MR) is 81.4 cm³/mol. The van der Waals surface area contributed by atoms with Gasteiger partial charge in [0.25, 0.3) is 0 Å². The maximum absolute atomic E-state index is 12.1. The van der Waals surface area contributed by atoms with Gasteiger partial charge in [-0.05, 0) is 13.8 Å². The number of nitrogens with one attached hydrogen (secondary N) is 1. The maximum atomic E-state index is 12.1. The third kappa shape index (κ3) is 3.19. The number of hydrogen-bond acceptors (Lipinski definition) is 6. The van der Waals surface area contributed by atoms with E-state index < -0.39 is 52.4 Å². The number of carbonyl (C=O) groups is 4. The van der Waals surface area contributed by atoms with Crippen molar-refractivity contribution in [2.24, 2.45) is 0 Å². The van der Waals surface area contributed by atoms with E-state index in [-0.39, 0.29) is 6.61 Å². The molecule has 0 aromatic rings. The van der Waals surface area contributed by atoms with E-state index in [9.17, 15) is 24.3 Å². The molecule has 2 N–H and O–H groups in total. The molecule has 0 bridgehead atoms. The van der Waals surface area contributed by atoms with E-state index in [2.05, 4.69) is 11.9 Å². The molecule has 2 heterocycles. The second-order valence-corrected chi connectivity index (χ2v) is 7.56. The molecule has 3 unspecified atom stereocenters. The molecule has 8 nitrogen and oxygen atoms in total. The van der Waals surface area contributed by atoms with E-state index in [0.717, 1.165) is 0 Å². The fourth-order valence-electron chi connectivity index (χ4n) is 2.70. The van der Waals surface area contributed by atoms with Crippen LogP contribution in [0.4, 0.5) is 0 Å². The number of ether oxygens (including phenoxy) is 1. The largest absolute Gasteiger partial charge is 0.480 e. The molecule has 2 amide bonds. The number of thioether (sulfide) groups is 1. The molecular formula is C14H18N2O6S. The maximum Gasteiger partial charge on any atom is 0.327 e. The molecule has 0 aromatic heterocycles. The molecule has 2 rings (SSSR count). The van der Waals surface area contributed by atoms with Crippen LogP contribution >= 0.6 is 11.8 Å². The molecule has 9 heteroatoms. The van der Waals surface area contributed by atoms with Crippen LogP contribution in [0.25, 0.3) is 0 Å². The van der Waals surface area contributed by atoms with Gasteiger partial charge in [-0.1, -0.05) is 12.7 Å². The van der Waals surface area contributed by atoms with Crippen molar-refractivity contribution in [3.8, 4) is 0 Å². The fourth-order valence-corrected chi connectivity index (χ4v) is 4.33. The second kappa shape index (κ2) is 6.23. The third-order valence-corrected chi connectivity index (χ3v) is 5.23. The highest BCUT2D eigenvalue weighted by Gasteiger charge is 2.64. The molecule has 0 radical (unpaired) electrons. The summed E-state index contributed by atoms with van der Waals surface area (Å²) in [5.41, 5.74) is 0. The number of hydrogen-bond donors (Lipinski definition) is 2. The van der Waals surface area contributed by atoms with Gasteiger partial charge in [-0.25, -0.2) is 4.79 Å². The summed E-state index contributed by atoms with van der Waals surface area (Å²) in [6.45, 7) is 6.88. The van der Waals surface area contributed by atoms with E-state index in [1.165, 1.54) is 22.7 Å². The number of fused-ring (bicyclic) bond motifs is 1. The Morgan fingerprint density at radius 2 is 2.13 bits per heavy atom. The molecule has 126 valence electrons. The first-order chi connectivity index (χ1) is 10.7. The Bertz CT molecular complexity index is 576. The van der Waals surface area contributed by atoms with Crippen molar-refractivity contribution in [1.29, 1.82) is 0 Å². The van der Waals surface area contributed by atoms with Crippen LogP contribution in [0.3, 0.4) is 0 Å². The highest BCUT2D eigenvalue weighted by atomic mass is 32.2. The highest BCUT2D eigenvalue weighted by molar-refractivity contribution is 8.01. The Balaban J connectivity index is 1.96. The number of β-lactam (4-membered cyclic amide) rings is 1. The SMILES string of the molecule is C=CCOC(=O)CC(=O)NC1C(=O)N2C1SC(C)(C)C2C(=O)O. The average molecular weight is 342 g/mol. The van der Waals surface area contributed by atoms with Crippen molar-refractivity contribution in [1.82, 2.24) is 10.2 Å². The first kappa shape index (κ1) is 17.3. The molecule has 2 aliphatic rings. The van der Waals surface area contributed by atoms with E-state index >= 15 is 0 Å². The smallest absolute Gasteiger partial charge is 0.327 e. The molecule has 0 aromatic carbocycles. The van der Waals surface area contributed by atoms with E-state index in [1.807, 2.05) is 0 Å². The molecular weight excluding hydrogens is 324 g/mol. The Morgan fingerprint density at radius 3 is 2.70 bits per heavy atom. The number of aliphatic carboxylic acids is 1. The van der Waals surface area contributed by atoms with Crippen molar-refractivity contribution in [3.05, 3.63) is 12.7 Å². The molecule has 2 fully saturated rings. The van der Waals surface area contributed by atoms with Crippen LogP contribution in [-0.2, 0) is 23.9 Å². The zero-order valence-electron chi connectivity index (χ0n) is 12.8. The van der Waals surface area contributed by atoms with E-state index in [4.69, 9.17) is 4.74 Å². The molecule has 2 aliphatic heterocycles. The lowest BCUT2D eigenvalue weighted by Crippen LogP contribution is -2.70. The van der Waals surface area contributed by atoms with Crippen LogP contribution in [0, 0.1) is 0 Å². The number of carboxylic acids is 1. The van der Waals surface area contributed by atoms with Crippen molar-refractivity contribution >= 4 is 35.5 Å². The summed E-state index contributed by atoms with van der Waals surface area (Å²) in [7, 11) is 0. The average Bonchev–Trinajstić information content (AvgIpc) is 2.71. The van der Waals surface area contributed by atoms with E-state index in [0.29, 0.717) is 0 Å². The van der Waals surface area contributed by atoms with Crippen LogP contribution < -0.4 is 5.32 Å². The Hall–Kier alpha value is -2.03. The Labute approximate surface area is 137 Å². The summed E-state index contributed by atoms with van der Waals surface area (Å²) in [5, 5.41) is 11.3. The van der Waals surface area contributed by atoms with Crippen LogP contribution in [-0.4, -0.2) is 62.6 Å². The first-order valence-corrected chi connectivity index (χ1v) is 7.85. The molecule has 0 saturated carbocycles. The van der Waals surface area contributed by atoms with Gasteiger partial charge in [-0.3, -0.25) is 14.4 Å². The lowest BCUT2D eigenvalue weighted by atomic mass is 9.96. The van der Waals surface area contributed by atoms with E-state index in [1.54, 1.807) is 13.8 Å². The number of rotatable bonds is 6. The third-order valence-electron chi connectivity index (χ3n) is 3.66. The summed E-state index contributed by atoms with van der Waals surface area (Å²) in [6, 6.07) is -1.75. The summed E-state index contributed by atoms with van der Waals surface area (Å²) in [6.07, 6.45) is 0.882. The number of amides is 2. The van der Waals surface area contributed by atoms with Gasteiger partial charge in [0.1, 0.15) is 30.5 Å². The highest BCUT2D eigenvalue weighted by Crippen LogP contribution is 2.50. The molecule has 2 saturated heterocycles.